The molecule has 0 spiro atoms. The fraction of sp³-hybridized carbons (Fsp3) is 0.200. The monoisotopic (exact) mass is 402 g/mol. The molecule has 3 aromatic rings. The third-order valence-corrected chi connectivity index (χ3v) is 4.94. The van der Waals surface area contributed by atoms with Gasteiger partial charge in [-0.15, -0.1) is 0 Å². The summed E-state index contributed by atoms with van der Waals surface area (Å²) < 4.78 is 5.17. The molecule has 0 unspecified atom stereocenters. The topological polar surface area (TPSA) is 73.1 Å². The van der Waals surface area contributed by atoms with Crippen molar-refractivity contribution < 1.29 is 4.74 Å². The number of ether oxygens (including phenoxy) is 1. The summed E-state index contributed by atoms with van der Waals surface area (Å²) >= 11 is 12.4. The smallest absolute Gasteiger partial charge is 0.137 e. The van der Waals surface area contributed by atoms with Crippen molar-refractivity contribution in [3.63, 3.8) is 0 Å². The second-order valence-electron chi connectivity index (χ2n) is 6.13. The number of aryl methyl sites for hydroxylation is 1. The molecule has 0 aliphatic rings. The van der Waals surface area contributed by atoms with Crippen molar-refractivity contribution >= 4 is 29.0 Å². The van der Waals surface area contributed by atoms with Gasteiger partial charge in [-0.3, -0.25) is 0 Å². The van der Waals surface area contributed by atoms with E-state index in [1.165, 1.54) is 6.33 Å². The van der Waals surface area contributed by atoms with Crippen LogP contribution in [0.15, 0.2) is 48.8 Å². The number of nitrogens with one attached hydrogen (secondary N) is 1. The zero-order chi connectivity index (χ0) is 19.4. The first-order valence-electron chi connectivity index (χ1n) is 8.39. The lowest BCUT2D eigenvalue weighted by molar-refractivity contribution is 0.415. The number of hydrogen-bond acceptors (Lipinski definition) is 5. The molecule has 0 amide bonds. The Hall–Kier alpha value is -2.34. The molecule has 1 heterocycles. The fourth-order valence-electron chi connectivity index (χ4n) is 2.61. The largest absolute Gasteiger partial charge is 0.495 e. The first kappa shape index (κ1) is 19.4. The SMILES string of the molecule is COc1ccc([C@@H](N)CNc2cc(-c3ccc(C)c(Cl)c3)ncn2)cc1Cl. The highest BCUT2D eigenvalue weighted by Gasteiger charge is 2.10. The molecule has 0 aliphatic heterocycles. The number of nitrogens with two attached hydrogens (primary N) is 1. The molecule has 1 aromatic heterocycles. The minimum atomic E-state index is -0.249. The highest BCUT2D eigenvalue weighted by molar-refractivity contribution is 6.32. The summed E-state index contributed by atoms with van der Waals surface area (Å²) in [5.41, 5.74) is 9.92. The molecule has 0 aliphatic carbocycles. The number of anilines is 1. The first-order valence-corrected chi connectivity index (χ1v) is 9.15. The molecule has 0 saturated heterocycles. The lowest BCUT2D eigenvalue weighted by Gasteiger charge is -2.15. The lowest BCUT2D eigenvalue weighted by Crippen LogP contribution is -2.21. The highest BCUT2D eigenvalue weighted by atomic mass is 35.5. The Morgan fingerprint density at radius 2 is 1.89 bits per heavy atom. The van der Waals surface area contributed by atoms with Crippen LogP contribution in [0.1, 0.15) is 17.2 Å². The quantitative estimate of drug-likeness (QED) is 0.614. The minimum absolute atomic E-state index is 0.249. The second-order valence-corrected chi connectivity index (χ2v) is 6.95. The van der Waals surface area contributed by atoms with Gasteiger partial charge >= 0.3 is 0 Å². The highest BCUT2D eigenvalue weighted by Crippen LogP contribution is 2.28. The Morgan fingerprint density at radius 1 is 1.07 bits per heavy atom. The zero-order valence-corrected chi connectivity index (χ0v) is 16.6. The number of methoxy groups -OCH3 is 1. The van der Waals surface area contributed by atoms with E-state index in [4.69, 9.17) is 33.7 Å². The summed E-state index contributed by atoms with van der Waals surface area (Å²) in [6, 6.07) is 13.0. The summed E-state index contributed by atoms with van der Waals surface area (Å²) in [5.74, 6) is 1.31. The Kier molecular flexibility index (Phi) is 6.16. The summed E-state index contributed by atoms with van der Waals surface area (Å²) in [6.07, 6.45) is 1.52. The average molecular weight is 403 g/mol. The maximum Gasteiger partial charge on any atom is 0.137 e. The van der Waals surface area contributed by atoms with Crippen molar-refractivity contribution in [1.29, 1.82) is 0 Å². The van der Waals surface area contributed by atoms with Crippen molar-refractivity contribution in [2.45, 2.75) is 13.0 Å². The Morgan fingerprint density at radius 3 is 2.59 bits per heavy atom. The van der Waals surface area contributed by atoms with Crippen molar-refractivity contribution in [3.05, 3.63) is 70.0 Å². The predicted octanol–water partition coefficient (Wildman–Crippen LogP) is 4.88. The van der Waals surface area contributed by atoms with E-state index in [1.54, 1.807) is 13.2 Å². The number of halogens is 2. The van der Waals surface area contributed by atoms with Crippen molar-refractivity contribution in [2.75, 3.05) is 19.0 Å². The summed E-state index contributed by atoms with van der Waals surface area (Å²) in [4.78, 5) is 8.58. The van der Waals surface area contributed by atoms with Gasteiger partial charge in [0.15, 0.2) is 0 Å². The van der Waals surface area contributed by atoms with E-state index in [1.807, 2.05) is 43.3 Å². The molecule has 0 bridgehead atoms. The molecule has 27 heavy (non-hydrogen) atoms. The van der Waals surface area contributed by atoms with Crippen LogP contribution < -0.4 is 15.8 Å². The van der Waals surface area contributed by atoms with Crippen LogP contribution in [-0.2, 0) is 0 Å². The van der Waals surface area contributed by atoms with Crippen LogP contribution in [0.2, 0.25) is 10.0 Å². The van der Waals surface area contributed by atoms with E-state index in [0.717, 1.165) is 22.4 Å². The van der Waals surface area contributed by atoms with Gasteiger partial charge in [0.25, 0.3) is 0 Å². The third-order valence-electron chi connectivity index (χ3n) is 4.24. The summed E-state index contributed by atoms with van der Waals surface area (Å²) in [7, 11) is 1.58. The van der Waals surface area contributed by atoms with Crippen molar-refractivity contribution in [1.82, 2.24) is 9.97 Å². The number of rotatable bonds is 6. The molecule has 3 rings (SSSR count). The molecule has 140 valence electrons. The van der Waals surface area contributed by atoms with Crippen molar-refractivity contribution in [3.8, 4) is 17.0 Å². The molecule has 3 N–H and O–H groups in total. The first-order chi connectivity index (χ1) is 13.0. The van der Waals surface area contributed by atoms with Gasteiger partial charge in [0.05, 0.1) is 17.8 Å². The van der Waals surface area contributed by atoms with E-state index in [-0.39, 0.29) is 6.04 Å². The Balaban J connectivity index is 1.71. The van der Waals surface area contributed by atoms with Gasteiger partial charge in [-0.25, -0.2) is 9.97 Å². The van der Waals surface area contributed by atoms with Gasteiger partial charge in [-0.05, 0) is 36.2 Å². The van der Waals surface area contributed by atoms with Crippen molar-refractivity contribution in [2.24, 2.45) is 5.73 Å². The number of aromatic nitrogens is 2. The van der Waals surface area contributed by atoms with Crippen LogP contribution in [0.4, 0.5) is 5.82 Å². The molecule has 0 saturated carbocycles. The molecule has 5 nitrogen and oxygen atoms in total. The van der Waals surface area contributed by atoms with E-state index in [9.17, 15) is 0 Å². The predicted molar refractivity (Wildman–Crippen MR) is 111 cm³/mol. The second kappa shape index (κ2) is 8.57. The van der Waals surface area contributed by atoms with Crippen LogP contribution in [-0.4, -0.2) is 23.6 Å². The minimum Gasteiger partial charge on any atom is -0.495 e. The Labute approximate surface area is 168 Å². The molecule has 1 atom stereocenters. The van der Waals surface area contributed by atoms with E-state index in [2.05, 4.69) is 15.3 Å². The van der Waals surface area contributed by atoms with Gasteiger partial charge in [0, 0.05) is 29.2 Å². The Bertz CT molecular complexity index is 949. The van der Waals surface area contributed by atoms with E-state index >= 15 is 0 Å². The molecule has 0 fully saturated rings. The van der Waals surface area contributed by atoms with Gasteiger partial charge < -0.3 is 15.8 Å². The van der Waals surface area contributed by atoms with Crippen LogP contribution >= 0.6 is 23.2 Å². The molecular weight excluding hydrogens is 383 g/mol. The standard InChI is InChI=1S/C20H20Cl2N4O/c1-12-3-4-14(8-15(12)21)18-9-20(26-11-25-18)24-10-17(23)13-5-6-19(27-2)16(22)7-13/h3-9,11,17H,10,23H2,1-2H3,(H,24,25,26)/t17-/m0/s1. The third kappa shape index (κ3) is 4.69. The molecule has 0 radical (unpaired) electrons. The lowest BCUT2D eigenvalue weighted by atomic mass is 10.1. The maximum absolute atomic E-state index is 6.27. The van der Waals surface area contributed by atoms with Gasteiger partial charge in [-0.1, -0.05) is 41.4 Å². The van der Waals surface area contributed by atoms with Crippen LogP contribution in [0.5, 0.6) is 5.75 Å². The zero-order valence-electron chi connectivity index (χ0n) is 15.0. The fourth-order valence-corrected chi connectivity index (χ4v) is 3.06. The molecule has 2 aromatic carbocycles. The summed E-state index contributed by atoms with van der Waals surface area (Å²) in [5, 5.41) is 4.48. The summed E-state index contributed by atoms with van der Waals surface area (Å²) in [6.45, 7) is 2.46. The molecular formula is C20H20Cl2N4O. The molecule has 7 heteroatoms. The number of hydrogen-bond donors (Lipinski definition) is 2. The normalized spacial score (nSPS) is 11.9. The van der Waals surface area contributed by atoms with E-state index in [0.29, 0.717) is 28.2 Å². The van der Waals surface area contributed by atoms with Gasteiger partial charge in [0.2, 0.25) is 0 Å². The maximum atomic E-state index is 6.27. The van der Waals surface area contributed by atoms with Gasteiger partial charge in [0.1, 0.15) is 17.9 Å². The van der Waals surface area contributed by atoms with Crippen LogP contribution in [0.3, 0.4) is 0 Å². The van der Waals surface area contributed by atoms with E-state index < -0.39 is 0 Å². The number of benzene rings is 2. The van der Waals surface area contributed by atoms with Gasteiger partial charge in [-0.2, -0.15) is 0 Å². The van der Waals surface area contributed by atoms with Crippen LogP contribution in [0, 0.1) is 6.92 Å². The average Bonchev–Trinajstić information content (AvgIpc) is 2.68. The number of nitrogens with zero attached hydrogens (tertiary/aromatic N) is 2. The van der Waals surface area contributed by atoms with Crippen LogP contribution in [0.25, 0.3) is 11.3 Å².